The summed E-state index contributed by atoms with van der Waals surface area (Å²) in [5.41, 5.74) is 4.36. The van der Waals surface area contributed by atoms with Gasteiger partial charge < -0.3 is 24.8 Å². The molecule has 0 fully saturated rings. The third kappa shape index (κ3) is 5.54. The van der Waals surface area contributed by atoms with Crippen molar-refractivity contribution in [3.63, 3.8) is 0 Å². The largest absolute Gasteiger partial charge is 0.707 e. The number of hydrogen-bond acceptors (Lipinski definition) is 6. The van der Waals surface area contributed by atoms with E-state index in [0.717, 1.165) is 28.1 Å². The van der Waals surface area contributed by atoms with Gasteiger partial charge in [0.05, 0.1) is 11.0 Å². The van der Waals surface area contributed by atoms with Crippen LogP contribution in [0.1, 0.15) is 0 Å². The third-order valence-electron chi connectivity index (χ3n) is 5.03. The molecule has 0 aliphatic rings. The molecule has 4 N–H and O–H groups in total. The first kappa shape index (κ1) is 23.3. The Morgan fingerprint density at radius 1 is 0.647 bits per heavy atom. The van der Waals surface area contributed by atoms with E-state index in [1.54, 1.807) is 36.4 Å². The van der Waals surface area contributed by atoms with E-state index < -0.39 is 14.4 Å². The highest BCUT2D eigenvalue weighted by Crippen LogP contribution is 2.28. The number of para-hydroxylation sites is 4. The minimum Gasteiger partial charge on any atom is -0.512 e. The Morgan fingerprint density at radius 3 is 1.85 bits per heavy atom. The summed E-state index contributed by atoms with van der Waals surface area (Å²) in [6, 6.07) is 33.8. The first-order valence-corrected chi connectivity index (χ1v) is 10.6. The molecule has 0 amide bonds. The van der Waals surface area contributed by atoms with Crippen molar-refractivity contribution in [3.8, 4) is 22.8 Å². The van der Waals surface area contributed by atoms with Crippen LogP contribution in [0.3, 0.4) is 0 Å². The highest BCUT2D eigenvalue weighted by atomic mass is 16.6. The van der Waals surface area contributed by atoms with Gasteiger partial charge in [0.2, 0.25) is 0 Å². The Labute approximate surface area is 197 Å². The Morgan fingerprint density at radius 2 is 1.24 bits per heavy atom. The molecule has 4 aromatic carbocycles. The van der Waals surface area contributed by atoms with Gasteiger partial charge in [0.15, 0.2) is 0 Å². The lowest BCUT2D eigenvalue weighted by molar-refractivity contribution is 0.288. The molecule has 1 aromatic heterocycles. The Bertz CT molecular complexity index is 1330. The first-order chi connectivity index (χ1) is 16.5. The van der Waals surface area contributed by atoms with Gasteiger partial charge in [-0.05, 0) is 41.9 Å². The molecule has 7 nitrogen and oxygen atoms in total. The summed E-state index contributed by atoms with van der Waals surface area (Å²) in [5, 5.41) is 35.2. The quantitative estimate of drug-likeness (QED) is 0.305. The highest BCUT2D eigenvalue weighted by molar-refractivity contribution is 6.58. The molecule has 0 unspecified atom stereocenters. The molecule has 5 rings (SSSR count). The monoisotopic (exact) mass is 452 g/mol. The van der Waals surface area contributed by atoms with Crippen LogP contribution in [0.15, 0.2) is 109 Å². The van der Waals surface area contributed by atoms with E-state index in [1.807, 2.05) is 72.8 Å². The molecule has 0 aliphatic heterocycles. The predicted octanol–water partition coefficient (Wildman–Crippen LogP) is 2.41. The fourth-order valence-electron chi connectivity index (χ4n) is 3.48. The zero-order valence-corrected chi connectivity index (χ0v) is 18.1. The summed E-state index contributed by atoms with van der Waals surface area (Å²) in [6.07, 6.45) is 0. The topological polar surface area (TPSA) is 108 Å². The maximum absolute atomic E-state index is 9.27. The molecule has 0 radical (unpaired) electrons. The number of rotatable bonds is 5. The minimum absolute atomic E-state index is 0.442. The predicted molar refractivity (Wildman–Crippen MR) is 134 cm³/mol. The summed E-state index contributed by atoms with van der Waals surface area (Å²) in [4.78, 5) is 4.77. The number of nitrogens with zero attached hydrogens (tertiary/aromatic N) is 2. The van der Waals surface area contributed by atoms with Crippen molar-refractivity contribution in [3.05, 3.63) is 109 Å². The summed E-state index contributed by atoms with van der Waals surface area (Å²) < 4.78 is 6.64. The van der Waals surface area contributed by atoms with Crippen LogP contribution in [-0.4, -0.2) is 44.1 Å². The molecule has 0 bridgehead atoms. The van der Waals surface area contributed by atoms with Gasteiger partial charge in [-0.25, -0.2) is 4.98 Å². The van der Waals surface area contributed by atoms with Crippen molar-refractivity contribution < 1.29 is 24.8 Å². The van der Waals surface area contributed by atoms with Gasteiger partial charge in [0, 0.05) is 11.3 Å². The second-order valence-corrected chi connectivity index (χ2v) is 7.35. The molecule has 9 heteroatoms. The van der Waals surface area contributed by atoms with Crippen LogP contribution in [-0.2, 0) is 0 Å². The SMILES string of the molecule is OB(O)Oc1ccccc1.OB(O)c1ccc(-c2nc3ccccc3n2-c2ccccc2)cc1. The van der Waals surface area contributed by atoms with Crippen molar-refractivity contribution in [2.45, 2.75) is 0 Å². The lowest BCUT2D eigenvalue weighted by Crippen LogP contribution is -2.29. The first-order valence-electron chi connectivity index (χ1n) is 10.6. The van der Waals surface area contributed by atoms with Gasteiger partial charge in [0.1, 0.15) is 11.6 Å². The van der Waals surface area contributed by atoms with Gasteiger partial charge in [-0.3, -0.25) is 4.57 Å². The van der Waals surface area contributed by atoms with E-state index in [2.05, 4.69) is 9.22 Å². The molecule has 0 atom stereocenters. The van der Waals surface area contributed by atoms with Crippen LogP contribution in [0.25, 0.3) is 28.1 Å². The average Bonchev–Trinajstić information content (AvgIpc) is 3.25. The molecule has 0 saturated heterocycles. The van der Waals surface area contributed by atoms with Crippen LogP contribution in [0.4, 0.5) is 0 Å². The molecule has 168 valence electrons. The van der Waals surface area contributed by atoms with Gasteiger partial charge in [-0.15, -0.1) is 0 Å². The van der Waals surface area contributed by atoms with Gasteiger partial charge in [-0.2, -0.15) is 0 Å². The summed E-state index contributed by atoms with van der Waals surface area (Å²) in [5.74, 6) is 1.26. The van der Waals surface area contributed by atoms with Crippen LogP contribution >= 0.6 is 0 Å². The van der Waals surface area contributed by atoms with Gasteiger partial charge >= 0.3 is 14.4 Å². The Kier molecular flexibility index (Phi) is 7.41. The molecule has 1 heterocycles. The molecule has 0 saturated carbocycles. The molecular weight excluding hydrogens is 430 g/mol. The van der Waals surface area contributed by atoms with Gasteiger partial charge in [-0.1, -0.05) is 72.8 Å². The van der Waals surface area contributed by atoms with Gasteiger partial charge in [0.25, 0.3) is 0 Å². The van der Waals surface area contributed by atoms with Crippen LogP contribution in [0.2, 0.25) is 0 Å². The second-order valence-electron chi connectivity index (χ2n) is 7.35. The zero-order valence-electron chi connectivity index (χ0n) is 18.1. The van der Waals surface area contributed by atoms with Crippen molar-refractivity contribution in [1.29, 1.82) is 0 Å². The normalized spacial score (nSPS) is 10.4. The third-order valence-corrected chi connectivity index (χ3v) is 5.03. The summed E-state index contributed by atoms with van der Waals surface area (Å²) in [6.45, 7) is 0. The Hall–Kier alpha value is -3.88. The minimum atomic E-state index is -1.73. The van der Waals surface area contributed by atoms with Crippen LogP contribution in [0, 0.1) is 0 Å². The molecule has 5 aromatic rings. The smallest absolute Gasteiger partial charge is 0.512 e. The van der Waals surface area contributed by atoms with E-state index in [1.165, 1.54) is 0 Å². The number of imidazole rings is 1. The maximum atomic E-state index is 9.27. The zero-order chi connectivity index (χ0) is 23.9. The summed E-state index contributed by atoms with van der Waals surface area (Å²) >= 11 is 0. The fourth-order valence-corrected chi connectivity index (χ4v) is 3.48. The highest BCUT2D eigenvalue weighted by Gasteiger charge is 2.15. The van der Waals surface area contributed by atoms with Crippen LogP contribution < -0.4 is 10.1 Å². The van der Waals surface area contributed by atoms with E-state index in [9.17, 15) is 10.0 Å². The van der Waals surface area contributed by atoms with Crippen molar-refractivity contribution in [2.75, 3.05) is 0 Å². The maximum Gasteiger partial charge on any atom is 0.707 e. The second kappa shape index (κ2) is 10.8. The van der Waals surface area contributed by atoms with Crippen molar-refractivity contribution >= 4 is 30.9 Å². The van der Waals surface area contributed by atoms with E-state index >= 15 is 0 Å². The number of aromatic nitrogens is 2. The van der Waals surface area contributed by atoms with E-state index in [0.29, 0.717) is 11.2 Å². The Balaban J connectivity index is 0.000000231. The molecule has 34 heavy (non-hydrogen) atoms. The fraction of sp³-hybridized carbons (Fsp3) is 0. The van der Waals surface area contributed by atoms with Crippen LogP contribution in [0.5, 0.6) is 5.75 Å². The van der Waals surface area contributed by atoms with E-state index in [-0.39, 0.29) is 0 Å². The standard InChI is InChI=1S/C19H15BN2O2.C6H7BO3/c23-20(24)15-12-10-14(11-13-15)19-21-17-8-4-5-9-18(17)22(19)16-6-2-1-3-7-16;8-7(9)10-6-4-2-1-3-5-6/h1-13,23-24H;1-5,8-9H. The molecule has 0 aliphatic carbocycles. The summed E-state index contributed by atoms with van der Waals surface area (Å²) in [7, 11) is -3.20. The lowest BCUT2D eigenvalue weighted by atomic mass is 9.80. The van der Waals surface area contributed by atoms with Crippen molar-refractivity contribution in [1.82, 2.24) is 9.55 Å². The van der Waals surface area contributed by atoms with Crippen molar-refractivity contribution in [2.24, 2.45) is 0 Å². The average molecular weight is 452 g/mol. The number of hydrogen-bond donors (Lipinski definition) is 4. The number of fused-ring (bicyclic) bond motifs is 1. The van der Waals surface area contributed by atoms with E-state index in [4.69, 9.17) is 15.0 Å². The lowest BCUT2D eigenvalue weighted by Gasteiger charge is -2.10. The molecule has 0 spiro atoms. The molecular formula is C25H22B2N2O5. The number of benzene rings is 4.